The molecule has 18 heavy (non-hydrogen) atoms. The van der Waals surface area contributed by atoms with Gasteiger partial charge in [0.1, 0.15) is 9.84 Å². The van der Waals surface area contributed by atoms with Gasteiger partial charge in [0, 0.05) is 25.3 Å². The van der Waals surface area contributed by atoms with Crippen LogP contribution in [0.5, 0.6) is 0 Å². The minimum absolute atomic E-state index is 0.0348. The normalized spacial score (nSPS) is 20.9. The van der Waals surface area contributed by atoms with E-state index in [0.29, 0.717) is 18.9 Å². The standard InChI is InChI=1S/C13H23NO3S/c1-4-14(11(2)10-18(3,16)17)13(15)9-12-7-5-6-8-12/h5,7,11-12H,4,6,8-10H2,1-3H3/t11-,12-/m1/s1. The Bertz CT molecular complexity index is 414. The average Bonchev–Trinajstić information content (AvgIpc) is 2.68. The summed E-state index contributed by atoms with van der Waals surface area (Å²) in [7, 11) is -3.05. The number of allylic oxidation sites excluding steroid dienone is 2. The van der Waals surface area contributed by atoms with Crippen LogP contribution in [-0.4, -0.2) is 43.8 Å². The van der Waals surface area contributed by atoms with Gasteiger partial charge in [-0.25, -0.2) is 8.42 Å². The van der Waals surface area contributed by atoms with Crippen molar-refractivity contribution in [1.29, 1.82) is 0 Å². The first-order chi connectivity index (χ1) is 8.33. The van der Waals surface area contributed by atoms with Gasteiger partial charge in [-0.05, 0) is 32.6 Å². The summed E-state index contributed by atoms with van der Waals surface area (Å²) in [6.07, 6.45) is 7.98. The molecule has 0 aromatic heterocycles. The lowest BCUT2D eigenvalue weighted by Gasteiger charge is -2.28. The molecular weight excluding hydrogens is 250 g/mol. The molecule has 0 aromatic carbocycles. The maximum Gasteiger partial charge on any atom is 0.223 e. The fourth-order valence-corrected chi connectivity index (χ4v) is 3.53. The first-order valence-electron chi connectivity index (χ1n) is 6.47. The summed E-state index contributed by atoms with van der Waals surface area (Å²) < 4.78 is 22.6. The van der Waals surface area contributed by atoms with Gasteiger partial charge in [-0.15, -0.1) is 0 Å². The van der Waals surface area contributed by atoms with Crippen molar-refractivity contribution in [2.75, 3.05) is 18.6 Å². The van der Waals surface area contributed by atoms with Crippen LogP contribution < -0.4 is 0 Å². The van der Waals surface area contributed by atoms with Crippen molar-refractivity contribution in [1.82, 2.24) is 4.90 Å². The molecule has 1 amide bonds. The van der Waals surface area contributed by atoms with E-state index in [1.807, 2.05) is 6.92 Å². The zero-order valence-electron chi connectivity index (χ0n) is 11.4. The van der Waals surface area contributed by atoms with Crippen molar-refractivity contribution in [2.24, 2.45) is 5.92 Å². The molecule has 1 rings (SSSR count). The lowest BCUT2D eigenvalue weighted by atomic mass is 10.0. The van der Waals surface area contributed by atoms with Crippen LogP contribution in [0.1, 0.15) is 33.1 Å². The molecule has 1 aliphatic rings. The highest BCUT2D eigenvalue weighted by Crippen LogP contribution is 2.21. The summed E-state index contributed by atoms with van der Waals surface area (Å²) in [6, 6.07) is -0.247. The van der Waals surface area contributed by atoms with Gasteiger partial charge in [-0.2, -0.15) is 0 Å². The first kappa shape index (κ1) is 15.2. The topological polar surface area (TPSA) is 54.5 Å². The molecule has 0 aliphatic heterocycles. The second-order valence-corrected chi connectivity index (χ2v) is 7.28. The first-order valence-corrected chi connectivity index (χ1v) is 8.53. The van der Waals surface area contributed by atoms with Crippen molar-refractivity contribution < 1.29 is 13.2 Å². The summed E-state index contributed by atoms with van der Waals surface area (Å²) in [6.45, 7) is 4.25. The fourth-order valence-electron chi connectivity index (χ4n) is 2.47. The van der Waals surface area contributed by atoms with E-state index >= 15 is 0 Å². The number of sulfone groups is 1. The van der Waals surface area contributed by atoms with Crippen LogP contribution >= 0.6 is 0 Å². The van der Waals surface area contributed by atoms with E-state index < -0.39 is 9.84 Å². The van der Waals surface area contributed by atoms with E-state index in [2.05, 4.69) is 12.2 Å². The van der Waals surface area contributed by atoms with E-state index in [0.717, 1.165) is 12.8 Å². The lowest BCUT2D eigenvalue weighted by molar-refractivity contribution is -0.133. The smallest absolute Gasteiger partial charge is 0.223 e. The molecule has 4 nitrogen and oxygen atoms in total. The molecule has 0 N–H and O–H groups in total. The number of nitrogens with zero attached hydrogens (tertiary/aromatic N) is 1. The molecule has 0 unspecified atom stereocenters. The molecule has 0 heterocycles. The highest BCUT2D eigenvalue weighted by molar-refractivity contribution is 7.90. The third kappa shape index (κ3) is 4.80. The van der Waals surface area contributed by atoms with Gasteiger partial charge >= 0.3 is 0 Å². The maximum atomic E-state index is 12.2. The summed E-state index contributed by atoms with van der Waals surface area (Å²) >= 11 is 0. The van der Waals surface area contributed by atoms with Crippen LogP contribution in [0.2, 0.25) is 0 Å². The van der Waals surface area contributed by atoms with E-state index in [9.17, 15) is 13.2 Å². The lowest BCUT2D eigenvalue weighted by Crippen LogP contribution is -2.42. The van der Waals surface area contributed by atoms with Crippen LogP contribution in [0, 0.1) is 5.92 Å². The number of carbonyl (C=O) groups is 1. The summed E-state index contributed by atoms with van der Waals surface area (Å²) in [5.41, 5.74) is 0. The second-order valence-electron chi connectivity index (χ2n) is 5.09. The molecule has 0 aromatic rings. The maximum absolute atomic E-state index is 12.2. The number of hydrogen-bond donors (Lipinski definition) is 0. The monoisotopic (exact) mass is 273 g/mol. The molecular formula is C13H23NO3S. The van der Waals surface area contributed by atoms with Gasteiger partial charge in [-0.1, -0.05) is 12.2 Å². The van der Waals surface area contributed by atoms with E-state index in [-0.39, 0.29) is 17.7 Å². The Hall–Kier alpha value is -0.840. The van der Waals surface area contributed by atoms with Crippen molar-refractivity contribution in [3.05, 3.63) is 12.2 Å². The molecule has 1 aliphatic carbocycles. The molecule has 0 saturated heterocycles. The number of carbonyl (C=O) groups excluding carboxylic acids is 1. The summed E-state index contributed by atoms with van der Waals surface area (Å²) in [4.78, 5) is 13.8. The molecule has 5 heteroatoms. The van der Waals surface area contributed by atoms with Crippen molar-refractivity contribution in [3.8, 4) is 0 Å². The zero-order valence-corrected chi connectivity index (χ0v) is 12.2. The molecule has 0 spiro atoms. The van der Waals surface area contributed by atoms with Gasteiger partial charge < -0.3 is 4.90 Å². The van der Waals surface area contributed by atoms with Crippen molar-refractivity contribution in [3.63, 3.8) is 0 Å². The highest BCUT2D eigenvalue weighted by atomic mass is 32.2. The Labute approximate surface area is 110 Å². The molecule has 0 saturated carbocycles. The predicted octanol–water partition coefficient (Wildman–Crippen LogP) is 1.62. The van der Waals surface area contributed by atoms with Crippen LogP contribution in [0.4, 0.5) is 0 Å². The Kier molecular flexibility index (Phi) is 5.38. The predicted molar refractivity (Wildman–Crippen MR) is 73.0 cm³/mol. The van der Waals surface area contributed by atoms with E-state index in [1.165, 1.54) is 6.26 Å². The second kappa shape index (κ2) is 6.36. The van der Waals surface area contributed by atoms with Gasteiger partial charge in [0.15, 0.2) is 0 Å². The molecule has 0 bridgehead atoms. The number of amides is 1. The van der Waals surface area contributed by atoms with Crippen molar-refractivity contribution >= 4 is 15.7 Å². The summed E-state index contributed by atoms with van der Waals surface area (Å²) in [5, 5.41) is 0. The third-order valence-electron chi connectivity index (χ3n) is 3.29. The van der Waals surface area contributed by atoms with Gasteiger partial charge in [0.2, 0.25) is 5.91 Å². The molecule has 2 atom stereocenters. The quantitative estimate of drug-likeness (QED) is 0.691. The van der Waals surface area contributed by atoms with Crippen molar-refractivity contribution in [2.45, 2.75) is 39.2 Å². The number of rotatable bonds is 6. The Morgan fingerprint density at radius 3 is 2.61 bits per heavy atom. The average molecular weight is 273 g/mol. The molecule has 104 valence electrons. The van der Waals surface area contributed by atoms with Crippen LogP contribution in [0.3, 0.4) is 0 Å². The van der Waals surface area contributed by atoms with E-state index in [1.54, 1.807) is 11.8 Å². The van der Waals surface area contributed by atoms with Crippen LogP contribution in [-0.2, 0) is 14.6 Å². The molecule has 0 radical (unpaired) electrons. The minimum atomic E-state index is -3.05. The molecule has 0 fully saturated rings. The minimum Gasteiger partial charge on any atom is -0.339 e. The largest absolute Gasteiger partial charge is 0.339 e. The SMILES string of the molecule is CCN(C(=O)C[C@@H]1C=CCC1)[C@H](C)CS(C)(=O)=O. The zero-order chi connectivity index (χ0) is 13.8. The third-order valence-corrected chi connectivity index (χ3v) is 4.37. The summed E-state index contributed by atoms with van der Waals surface area (Å²) in [5.74, 6) is 0.426. The van der Waals surface area contributed by atoms with Gasteiger partial charge in [-0.3, -0.25) is 4.79 Å². The highest BCUT2D eigenvalue weighted by Gasteiger charge is 2.24. The van der Waals surface area contributed by atoms with Crippen LogP contribution in [0.15, 0.2) is 12.2 Å². The van der Waals surface area contributed by atoms with Crippen LogP contribution in [0.25, 0.3) is 0 Å². The van der Waals surface area contributed by atoms with Gasteiger partial charge in [0.25, 0.3) is 0 Å². The van der Waals surface area contributed by atoms with Gasteiger partial charge in [0.05, 0.1) is 5.75 Å². The van der Waals surface area contributed by atoms with E-state index in [4.69, 9.17) is 0 Å². The fraction of sp³-hybridized carbons (Fsp3) is 0.769. The Balaban J connectivity index is 2.58. The Morgan fingerprint density at radius 2 is 2.17 bits per heavy atom. The Morgan fingerprint density at radius 1 is 1.50 bits per heavy atom. The number of hydrogen-bond acceptors (Lipinski definition) is 3.